The monoisotopic (exact) mass is 293 g/mol. The smallest absolute Gasteiger partial charge is 0.308 e. The molecule has 1 heterocycles. The molecular weight excluding hydrogens is 270 g/mol. The number of carboxylic acid groups (broad SMARTS) is 1. The number of hydrogen-bond donors (Lipinski definition) is 2. The molecule has 0 spiro atoms. The minimum absolute atomic E-state index is 0.192. The molecule has 5 heteroatoms. The molecule has 2 N–H and O–H groups in total. The third kappa shape index (κ3) is 3.47. The maximum Gasteiger partial charge on any atom is 0.308 e. The van der Waals surface area contributed by atoms with Crippen LogP contribution in [0, 0.1) is 11.3 Å². The Bertz CT molecular complexity index is 527. The molecule has 21 heavy (non-hydrogen) atoms. The van der Waals surface area contributed by atoms with Gasteiger partial charge in [0.05, 0.1) is 12.5 Å². The van der Waals surface area contributed by atoms with Gasteiger partial charge in [-0.3, -0.25) is 9.69 Å². The van der Waals surface area contributed by atoms with E-state index in [0.29, 0.717) is 32.0 Å². The van der Waals surface area contributed by atoms with Crippen molar-refractivity contribution < 1.29 is 19.7 Å². The van der Waals surface area contributed by atoms with Crippen LogP contribution >= 0.6 is 0 Å². The highest BCUT2D eigenvalue weighted by Crippen LogP contribution is 2.37. The zero-order valence-electron chi connectivity index (χ0n) is 12.8. The maximum absolute atomic E-state index is 11.3. The molecule has 1 atom stereocenters. The van der Waals surface area contributed by atoms with Gasteiger partial charge in [-0.2, -0.15) is 0 Å². The summed E-state index contributed by atoms with van der Waals surface area (Å²) in [4.78, 5) is 13.4. The molecule has 0 bridgehead atoms. The first kappa shape index (κ1) is 15.6. The van der Waals surface area contributed by atoms with E-state index in [1.54, 1.807) is 6.07 Å². The Hall–Kier alpha value is -1.75. The zero-order chi connectivity index (χ0) is 15.6. The molecule has 0 saturated carbocycles. The number of phenolic OH excluding ortho intramolecular Hbond substituents is 1. The summed E-state index contributed by atoms with van der Waals surface area (Å²) in [6, 6.07) is 5.27. The lowest BCUT2D eigenvalue weighted by atomic mass is 9.82. The van der Waals surface area contributed by atoms with Crippen LogP contribution in [0.15, 0.2) is 18.2 Å². The van der Waals surface area contributed by atoms with Crippen LogP contribution in [0.4, 0.5) is 0 Å². The molecule has 5 nitrogen and oxygen atoms in total. The minimum Gasteiger partial charge on any atom is -0.507 e. The summed E-state index contributed by atoms with van der Waals surface area (Å²) in [6.07, 6.45) is 0. The number of likely N-dealkylation sites (tertiary alicyclic amines) is 1. The van der Waals surface area contributed by atoms with Crippen LogP contribution in [0.2, 0.25) is 0 Å². The summed E-state index contributed by atoms with van der Waals surface area (Å²) in [5.74, 6) is -0.290. The SMILES string of the molecule is CCOc1ccc(CN2CC(C(=O)O)C(C)(C)C2)c(O)c1. The van der Waals surface area contributed by atoms with Crippen molar-refractivity contribution in [3.8, 4) is 11.5 Å². The predicted molar refractivity (Wildman–Crippen MR) is 79.5 cm³/mol. The predicted octanol–water partition coefficient (Wildman–Crippen LogP) is 2.33. The van der Waals surface area contributed by atoms with E-state index in [4.69, 9.17) is 4.74 Å². The molecule has 116 valence electrons. The number of aromatic hydroxyl groups is 1. The number of ether oxygens (including phenoxy) is 1. The summed E-state index contributed by atoms with van der Waals surface area (Å²) in [5, 5.41) is 19.4. The lowest BCUT2D eigenvalue weighted by Gasteiger charge is -2.22. The van der Waals surface area contributed by atoms with E-state index in [1.165, 1.54) is 0 Å². The Kier molecular flexibility index (Phi) is 4.42. The largest absolute Gasteiger partial charge is 0.507 e. The number of phenols is 1. The van der Waals surface area contributed by atoms with E-state index in [-0.39, 0.29) is 17.1 Å². The normalized spacial score (nSPS) is 21.4. The van der Waals surface area contributed by atoms with Crippen molar-refractivity contribution in [3.05, 3.63) is 23.8 Å². The van der Waals surface area contributed by atoms with Crippen molar-refractivity contribution in [2.45, 2.75) is 27.3 Å². The van der Waals surface area contributed by atoms with Crippen molar-refractivity contribution >= 4 is 5.97 Å². The summed E-state index contributed by atoms with van der Waals surface area (Å²) < 4.78 is 5.34. The fraction of sp³-hybridized carbons (Fsp3) is 0.562. The van der Waals surface area contributed by atoms with Crippen LogP contribution in [0.25, 0.3) is 0 Å². The highest BCUT2D eigenvalue weighted by atomic mass is 16.5. The average molecular weight is 293 g/mol. The number of rotatable bonds is 5. The fourth-order valence-electron chi connectivity index (χ4n) is 2.96. The quantitative estimate of drug-likeness (QED) is 0.872. The molecule has 1 saturated heterocycles. The highest BCUT2D eigenvalue weighted by molar-refractivity contribution is 5.71. The molecular formula is C16H23NO4. The summed E-state index contributed by atoms with van der Waals surface area (Å²) in [5.41, 5.74) is 0.535. The van der Waals surface area contributed by atoms with Crippen LogP contribution in [-0.2, 0) is 11.3 Å². The number of carboxylic acids is 1. The first-order valence-electron chi connectivity index (χ1n) is 7.23. The molecule has 1 aliphatic heterocycles. The molecule has 1 aromatic rings. The van der Waals surface area contributed by atoms with Gasteiger partial charge in [0.25, 0.3) is 0 Å². The Balaban J connectivity index is 2.08. The van der Waals surface area contributed by atoms with E-state index in [9.17, 15) is 15.0 Å². The van der Waals surface area contributed by atoms with E-state index in [0.717, 1.165) is 5.56 Å². The standard InChI is InChI=1S/C16H23NO4/c1-4-21-12-6-5-11(14(18)7-12)8-17-9-13(15(19)20)16(2,3)10-17/h5-7,13,18H,4,8-10H2,1-3H3,(H,19,20). The van der Waals surface area contributed by atoms with Crippen LogP contribution in [0.5, 0.6) is 11.5 Å². The maximum atomic E-state index is 11.3. The molecule has 1 unspecified atom stereocenters. The Morgan fingerprint density at radius 2 is 2.19 bits per heavy atom. The Labute approximate surface area is 125 Å². The van der Waals surface area contributed by atoms with Gasteiger partial charge in [0.1, 0.15) is 11.5 Å². The Morgan fingerprint density at radius 3 is 2.71 bits per heavy atom. The van der Waals surface area contributed by atoms with Gasteiger partial charge in [-0.15, -0.1) is 0 Å². The molecule has 0 amide bonds. The molecule has 0 aliphatic carbocycles. The van der Waals surface area contributed by atoms with Gasteiger partial charge in [0, 0.05) is 31.3 Å². The average Bonchev–Trinajstić information content (AvgIpc) is 2.68. The molecule has 2 rings (SSSR count). The minimum atomic E-state index is -0.751. The Morgan fingerprint density at radius 1 is 1.48 bits per heavy atom. The third-order valence-corrected chi connectivity index (χ3v) is 4.08. The first-order chi connectivity index (χ1) is 9.83. The van der Waals surface area contributed by atoms with Crippen molar-refractivity contribution in [3.63, 3.8) is 0 Å². The molecule has 0 aromatic heterocycles. The van der Waals surface area contributed by atoms with Crippen LogP contribution in [0.3, 0.4) is 0 Å². The van der Waals surface area contributed by atoms with E-state index < -0.39 is 5.97 Å². The number of benzene rings is 1. The molecule has 0 radical (unpaired) electrons. The van der Waals surface area contributed by atoms with Gasteiger partial charge in [0.2, 0.25) is 0 Å². The van der Waals surface area contributed by atoms with E-state index in [1.807, 2.05) is 32.9 Å². The van der Waals surface area contributed by atoms with Gasteiger partial charge in [0.15, 0.2) is 0 Å². The van der Waals surface area contributed by atoms with Gasteiger partial charge >= 0.3 is 5.97 Å². The lowest BCUT2D eigenvalue weighted by molar-refractivity contribution is -0.144. The van der Waals surface area contributed by atoms with Gasteiger partial charge < -0.3 is 14.9 Å². The van der Waals surface area contributed by atoms with Crippen molar-refractivity contribution in [2.75, 3.05) is 19.7 Å². The third-order valence-electron chi connectivity index (χ3n) is 4.08. The second-order valence-corrected chi connectivity index (χ2v) is 6.27. The molecule has 1 aromatic carbocycles. The van der Waals surface area contributed by atoms with Crippen molar-refractivity contribution in [1.29, 1.82) is 0 Å². The van der Waals surface area contributed by atoms with Crippen LogP contribution in [0.1, 0.15) is 26.3 Å². The second kappa shape index (κ2) is 5.93. The number of nitrogens with zero attached hydrogens (tertiary/aromatic N) is 1. The van der Waals surface area contributed by atoms with Crippen LogP contribution in [-0.4, -0.2) is 40.8 Å². The number of hydrogen-bond acceptors (Lipinski definition) is 4. The highest BCUT2D eigenvalue weighted by Gasteiger charge is 2.43. The summed E-state index contributed by atoms with van der Waals surface area (Å²) in [7, 11) is 0. The second-order valence-electron chi connectivity index (χ2n) is 6.27. The van der Waals surface area contributed by atoms with E-state index in [2.05, 4.69) is 4.90 Å². The molecule has 1 fully saturated rings. The summed E-state index contributed by atoms with van der Waals surface area (Å²) in [6.45, 7) is 8.16. The lowest BCUT2D eigenvalue weighted by Crippen LogP contribution is -2.28. The van der Waals surface area contributed by atoms with Crippen molar-refractivity contribution in [1.82, 2.24) is 4.90 Å². The van der Waals surface area contributed by atoms with Crippen molar-refractivity contribution in [2.24, 2.45) is 11.3 Å². The van der Waals surface area contributed by atoms with Crippen LogP contribution < -0.4 is 4.74 Å². The van der Waals surface area contributed by atoms with E-state index >= 15 is 0 Å². The van der Waals surface area contributed by atoms with Gasteiger partial charge in [-0.05, 0) is 18.4 Å². The first-order valence-corrected chi connectivity index (χ1v) is 7.23. The summed E-state index contributed by atoms with van der Waals surface area (Å²) >= 11 is 0. The van der Waals surface area contributed by atoms with Gasteiger partial charge in [-0.25, -0.2) is 0 Å². The molecule has 1 aliphatic rings. The van der Waals surface area contributed by atoms with Gasteiger partial charge in [-0.1, -0.05) is 19.9 Å². The fourth-order valence-corrected chi connectivity index (χ4v) is 2.96. The number of aliphatic carboxylic acids is 1. The topological polar surface area (TPSA) is 70.0 Å². The number of carbonyl (C=O) groups is 1. The zero-order valence-corrected chi connectivity index (χ0v) is 12.8.